The average Bonchev–Trinajstić information content (AvgIpc) is 4.10. The lowest BCUT2D eigenvalue weighted by Crippen LogP contribution is -2.28. The molecule has 0 radical (unpaired) electrons. The molecule has 69 heavy (non-hydrogen) atoms. The summed E-state index contributed by atoms with van der Waals surface area (Å²) >= 11 is 1.79. The van der Waals surface area contributed by atoms with Crippen molar-refractivity contribution in [1.29, 1.82) is 0 Å². The van der Waals surface area contributed by atoms with E-state index in [1.165, 1.54) is 43.3 Å². The molecule has 4 nitrogen and oxygen atoms in total. The van der Waals surface area contributed by atoms with Crippen molar-refractivity contribution in [1.82, 2.24) is 15.0 Å². The molecule has 3 heterocycles. The lowest BCUT2D eigenvalue weighted by molar-refractivity contribution is 0.669. The maximum absolute atomic E-state index is 6.28. The normalized spacial score (nSPS) is 12.8. The van der Waals surface area contributed by atoms with Crippen molar-refractivity contribution in [2.24, 2.45) is 0 Å². The topological polar surface area (TPSA) is 51.8 Å². The number of hydrogen-bond acceptors (Lipinski definition) is 5. The minimum absolute atomic E-state index is 0.577. The Morgan fingerprint density at radius 2 is 0.884 bits per heavy atom. The lowest BCUT2D eigenvalue weighted by Gasteiger charge is -2.33. The van der Waals surface area contributed by atoms with E-state index in [0.717, 1.165) is 71.1 Å². The Kier molecular flexibility index (Phi) is 8.95. The molecule has 0 N–H and O–H groups in total. The Bertz CT molecular complexity index is 4100. The number of hydrogen-bond donors (Lipinski definition) is 0. The monoisotopic (exact) mass is 897 g/mol. The quantitative estimate of drug-likeness (QED) is 0.160. The Balaban J connectivity index is 1.05. The van der Waals surface area contributed by atoms with Gasteiger partial charge in [0.1, 0.15) is 11.2 Å². The van der Waals surface area contributed by atoms with Gasteiger partial charge in [0, 0.05) is 47.6 Å². The third kappa shape index (κ3) is 6.18. The van der Waals surface area contributed by atoms with Gasteiger partial charge in [0.05, 0.1) is 5.41 Å². The van der Waals surface area contributed by atoms with Crippen LogP contribution in [0.1, 0.15) is 22.3 Å². The molecule has 13 aromatic rings. The minimum atomic E-state index is -0.577. The van der Waals surface area contributed by atoms with Gasteiger partial charge >= 0.3 is 0 Å². The van der Waals surface area contributed by atoms with Crippen LogP contribution in [0.5, 0.6) is 0 Å². The SMILES string of the molecule is c1ccc(-c2cc(-c3ccc4oc5ccccc5c4c3)cc(-c3nc(-c4cccc5c4-c4ccccc4C5(c4ccccc4)c4ccccc4)nc(-c4cccc5c4sc4ccccc45)n3)c2)cc1. The molecule has 0 amide bonds. The fourth-order valence-electron chi connectivity index (χ4n) is 11.0. The molecule has 5 heteroatoms. The van der Waals surface area contributed by atoms with Crippen LogP contribution in [-0.2, 0) is 5.41 Å². The molecule has 0 saturated heterocycles. The third-order valence-electron chi connectivity index (χ3n) is 14.0. The molecule has 0 bridgehead atoms. The third-order valence-corrected chi connectivity index (χ3v) is 15.2. The fraction of sp³-hybridized carbons (Fsp3) is 0.0156. The van der Waals surface area contributed by atoms with Gasteiger partial charge in [-0.25, -0.2) is 15.0 Å². The summed E-state index contributed by atoms with van der Waals surface area (Å²) in [5, 5.41) is 4.59. The van der Waals surface area contributed by atoms with E-state index >= 15 is 0 Å². The van der Waals surface area contributed by atoms with Gasteiger partial charge in [-0.15, -0.1) is 11.3 Å². The van der Waals surface area contributed by atoms with Crippen molar-refractivity contribution < 1.29 is 4.42 Å². The Labute approximate surface area is 402 Å². The van der Waals surface area contributed by atoms with E-state index < -0.39 is 5.41 Å². The molecule has 0 atom stereocenters. The first-order chi connectivity index (χ1) is 34.2. The number of nitrogens with zero attached hydrogens (tertiary/aromatic N) is 3. The van der Waals surface area contributed by atoms with E-state index in [1.807, 2.05) is 12.1 Å². The van der Waals surface area contributed by atoms with Gasteiger partial charge in [-0.3, -0.25) is 0 Å². The molecule has 1 aliphatic carbocycles. The molecular formula is C64H39N3OS. The Morgan fingerprint density at radius 3 is 1.68 bits per heavy atom. The largest absolute Gasteiger partial charge is 0.456 e. The average molecular weight is 898 g/mol. The summed E-state index contributed by atoms with van der Waals surface area (Å²) in [6.07, 6.45) is 0. The zero-order chi connectivity index (χ0) is 45.5. The summed E-state index contributed by atoms with van der Waals surface area (Å²) in [5.74, 6) is 1.85. The number of rotatable bonds is 7. The number of fused-ring (bicyclic) bond motifs is 9. The van der Waals surface area contributed by atoms with Gasteiger partial charge in [-0.2, -0.15) is 0 Å². The number of furan rings is 1. The Hall–Kier alpha value is -8.77. The number of thiophene rings is 1. The van der Waals surface area contributed by atoms with Crippen molar-refractivity contribution >= 4 is 53.4 Å². The van der Waals surface area contributed by atoms with Crippen molar-refractivity contribution in [2.45, 2.75) is 5.41 Å². The highest BCUT2D eigenvalue weighted by Gasteiger charge is 2.47. The van der Waals surface area contributed by atoms with Crippen molar-refractivity contribution in [2.75, 3.05) is 0 Å². The molecule has 0 fully saturated rings. The second-order valence-corrected chi connectivity index (χ2v) is 18.9. The highest BCUT2D eigenvalue weighted by Crippen LogP contribution is 2.58. The Morgan fingerprint density at radius 1 is 0.333 bits per heavy atom. The van der Waals surface area contributed by atoms with E-state index in [9.17, 15) is 0 Å². The molecule has 0 saturated carbocycles. The summed E-state index contributed by atoms with van der Waals surface area (Å²) < 4.78 is 8.66. The lowest BCUT2D eigenvalue weighted by atomic mass is 9.67. The number of aromatic nitrogens is 3. The fourth-order valence-corrected chi connectivity index (χ4v) is 12.2. The minimum Gasteiger partial charge on any atom is -0.456 e. The number of para-hydroxylation sites is 1. The van der Waals surface area contributed by atoms with Gasteiger partial charge in [0.25, 0.3) is 0 Å². The first-order valence-corrected chi connectivity index (χ1v) is 24.1. The van der Waals surface area contributed by atoms with Crippen LogP contribution < -0.4 is 0 Å². The van der Waals surface area contributed by atoms with Crippen molar-refractivity contribution in [3.8, 4) is 67.5 Å². The van der Waals surface area contributed by atoms with Gasteiger partial charge < -0.3 is 4.42 Å². The standard InChI is InChI=1S/C64H39N3OS/c1-4-18-40(19-5-1)42-36-43(41-34-35-57-53(39-41)47-24-11-14-32-56(47)68-57)38-44(37-42)61-65-62(67-63(66-61)52-29-16-27-49-48-25-12-15-33-58(48)69-60(49)52)51-28-17-31-55-59(51)50-26-10-13-30-54(50)64(55,45-20-6-2-7-21-45)46-22-8-3-9-23-46/h1-39H. The van der Waals surface area contributed by atoms with Crippen LogP contribution in [0, 0.1) is 0 Å². The molecule has 0 aliphatic heterocycles. The van der Waals surface area contributed by atoms with Crippen LogP contribution in [0.4, 0.5) is 0 Å². The van der Waals surface area contributed by atoms with E-state index in [1.54, 1.807) is 11.3 Å². The first kappa shape index (κ1) is 39.4. The van der Waals surface area contributed by atoms with Crippen LogP contribution >= 0.6 is 11.3 Å². The molecule has 0 spiro atoms. The smallest absolute Gasteiger partial charge is 0.165 e. The van der Waals surface area contributed by atoms with E-state index in [4.69, 9.17) is 19.4 Å². The molecule has 1 aliphatic rings. The van der Waals surface area contributed by atoms with Crippen molar-refractivity contribution in [3.63, 3.8) is 0 Å². The van der Waals surface area contributed by atoms with Crippen LogP contribution in [0.15, 0.2) is 241 Å². The highest BCUT2D eigenvalue weighted by molar-refractivity contribution is 7.26. The zero-order valence-corrected chi connectivity index (χ0v) is 38.0. The van der Waals surface area contributed by atoms with E-state index in [-0.39, 0.29) is 0 Å². The molecular weight excluding hydrogens is 859 g/mol. The van der Waals surface area contributed by atoms with E-state index in [2.05, 4.69) is 224 Å². The molecule has 0 unspecified atom stereocenters. The predicted octanol–water partition coefficient (Wildman–Crippen LogP) is 16.8. The second kappa shape index (κ2) is 15.7. The summed E-state index contributed by atoms with van der Waals surface area (Å²) in [5.41, 5.74) is 15.4. The van der Waals surface area contributed by atoms with Crippen LogP contribution in [0.2, 0.25) is 0 Å². The van der Waals surface area contributed by atoms with Gasteiger partial charge in [-0.1, -0.05) is 188 Å². The van der Waals surface area contributed by atoms with Crippen molar-refractivity contribution in [3.05, 3.63) is 259 Å². The zero-order valence-electron chi connectivity index (χ0n) is 37.2. The predicted molar refractivity (Wildman–Crippen MR) is 284 cm³/mol. The molecule has 3 aromatic heterocycles. The molecule has 14 rings (SSSR count). The molecule has 10 aromatic carbocycles. The maximum Gasteiger partial charge on any atom is 0.165 e. The molecule has 322 valence electrons. The second-order valence-electron chi connectivity index (χ2n) is 17.8. The first-order valence-electron chi connectivity index (χ1n) is 23.3. The van der Waals surface area contributed by atoms with Crippen LogP contribution in [0.3, 0.4) is 0 Å². The van der Waals surface area contributed by atoms with Crippen LogP contribution in [0.25, 0.3) is 110 Å². The van der Waals surface area contributed by atoms with Crippen LogP contribution in [-0.4, -0.2) is 15.0 Å². The van der Waals surface area contributed by atoms with Gasteiger partial charge in [-0.05, 0) is 104 Å². The number of benzene rings is 10. The van der Waals surface area contributed by atoms with E-state index in [0.29, 0.717) is 17.5 Å². The summed E-state index contributed by atoms with van der Waals surface area (Å²) in [7, 11) is 0. The summed E-state index contributed by atoms with van der Waals surface area (Å²) in [6.45, 7) is 0. The van der Waals surface area contributed by atoms with Gasteiger partial charge in [0.2, 0.25) is 0 Å². The maximum atomic E-state index is 6.28. The highest BCUT2D eigenvalue weighted by atomic mass is 32.1. The summed E-state index contributed by atoms with van der Waals surface area (Å²) in [4.78, 5) is 16.6. The van der Waals surface area contributed by atoms with Gasteiger partial charge in [0.15, 0.2) is 17.5 Å². The summed E-state index contributed by atoms with van der Waals surface area (Å²) in [6, 6.07) is 84.6.